The van der Waals surface area contributed by atoms with Crippen molar-refractivity contribution in [3.8, 4) is 0 Å². The summed E-state index contributed by atoms with van der Waals surface area (Å²) in [5, 5.41) is 0. The van der Waals surface area contributed by atoms with Crippen LogP contribution in [0.5, 0.6) is 0 Å². The van der Waals surface area contributed by atoms with Gasteiger partial charge in [-0.15, -0.1) is 0 Å². The quantitative estimate of drug-likeness (QED) is 0.604. The first-order valence-corrected chi connectivity index (χ1v) is 5.79. The third-order valence-corrected chi connectivity index (χ3v) is 3.09. The molecule has 3 rings (SSSR count). The first kappa shape index (κ1) is 10.3. The molecular formula is C11H16N6. The van der Waals surface area contributed by atoms with Gasteiger partial charge in [-0.3, -0.25) is 0 Å². The Morgan fingerprint density at radius 1 is 1.59 bits per heavy atom. The fourth-order valence-electron chi connectivity index (χ4n) is 2.01. The van der Waals surface area contributed by atoms with E-state index in [4.69, 9.17) is 5.84 Å². The number of aromatic nitrogens is 3. The van der Waals surface area contributed by atoms with Crippen molar-refractivity contribution in [3.05, 3.63) is 18.6 Å². The van der Waals surface area contributed by atoms with Crippen LogP contribution in [0.1, 0.15) is 12.8 Å². The molecule has 0 unspecified atom stereocenters. The fourth-order valence-corrected chi connectivity index (χ4v) is 2.01. The van der Waals surface area contributed by atoms with Gasteiger partial charge in [0, 0.05) is 26.0 Å². The molecule has 0 saturated heterocycles. The third kappa shape index (κ3) is 1.91. The Hall–Kier alpha value is -1.82. The highest BCUT2D eigenvalue weighted by atomic mass is 15.3. The zero-order chi connectivity index (χ0) is 11.8. The normalized spacial score (nSPS) is 15.2. The van der Waals surface area contributed by atoms with Crippen LogP contribution in [-0.4, -0.2) is 28.0 Å². The molecule has 17 heavy (non-hydrogen) atoms. The molecule has 2 aromatic heterocycles. The predicted octanol–water partition coefficient (Wildman–Crippen LogP) is 0.861. The first-order chi connectivity index (χ1) is 8.28. The second-order valence-corrected chi connectivity index (χ2v) is 4.58. The zero-order valence-electron chi connectivity index (χ0n) is 9.80. The van der Waals surface area contributed by atoms with E-state index >= 15 is 0 Å². The lowest BCUT2D eigenvalue weighted by atomic mass is 10.4. The molecule has 0 atom stereocenters. The van der Waals surface area contributed by atoms with Gasteiger partial charge in [0.25, 0.3) is 0 Å². The van der Waals surface area contributed by atoms with Gasteiger partial charge in [-0.1, -0.05) is 0 Å². The number of rotatable bonds is 4. The van der Waals surface area contributed by atoms with E-state index in [1.807, 2.05) is 16.8 Å². The number of anilines is 2. The van der Waals surface area contributed by atoms with Gasteiger partial charge in [-0.25, -0.2) is 15.8 Å². The molecule has 1 saturated carbocycles. The molecule has 2 heterocycles. The number of imidazole rings is 1. The van der Waals surface area contributed by atoms with Crippen molar-refractivity contribution in [1.29, 1.82) is 0 Å². The molecule has 0 aromatic carbocycles. The van der Waals surface area contributed by atoms with Crippen molar-refractivity contribution in [1.82, 2.24) is 14.4 Å². The van der Waals surface area contributed by atoms with Crippen molar-refractivity contribution >= 4 is 17.3 Å². The standard InChI is InChI=1S/C11H16N6/c1-16(6-8-2-3-8)11-10-13-4-5-17(10)7-9(14-11)15-12/h4-5,7-8,15H,2-3,6,12H2,1H3. The van der Waals surface area contributed by atoms with Gasteiger partial charge in [0.2, 0.25) is 0 Å². The number of nitrogens with zero attached hydrogens (tertiary/aromatic N) is 4. The molecule has 0 radical (unpaired) electrons. The average Bonchev–Trinajstić information content (AvgIpc) is 3.02. The summed E-state index contributed by atoms with van der Waals surface area (Å²) in [6, 6.07) is 0. The van der Waals surface area contributed by atoms with Crippen LogP contribution in [-0.2, 0) is 0 Å². The third-order valence-electron chi connectivity index (χ3n) is 3.09. The van der Waals surface area contributed by atoms with Crippen LogP contribution >= 0.6 is 0 Å². The van der Waals surface area contributed by atoms with Crippen molar-refractivity contribution in [2.24, 2.45) is 11.8 Å². The minimum atomic E-state index is 0.646. The summed E-state index contributed by atoms with van der Waals surface area (Å²) in [5.74, 6) is 7.76. The summed E-state index contributed by atoms with van der Waals surface area (Å²) < 4.78 is 1.93. The number of hydrogen-bond donors (Lipinski definition) is 2. The smallest absolute Gasteiger partial charge is 0.180 e. The van der Waals surface area contributed by atoms with Gasteiger partial charge >= 0.3 is 0 Å². The Labute approximate surface area is 99.4 Å². The summed E-state index contributed by atoms with van der Waals surface area (Å²) in [6.07, 6.45) is 8.14. The van der Waals surface area contributed by atoms with Gasteiger partial charge in [-0.2, -0.15) is 0 Å². The first-order valence-electron chi connectivity index (χ1n) is 5.79. The van der Waals surface area contributed by atoms with Crippen LogP contribution in [0.15, 0.2) is 18.6 Å². The SMILES string of the molecule is CN(CC1CC1)c1nc(NN)cn2ccnc12. The molecule has 1 fully saturated rings. The second kappa shape index (κ2) is 3.89. The van der Waals surface area contributed by atoms with E-state index in [2.05, 4.69) is 27.3 Å². The van der Waals surface area contributed by atoms with Crippen molar-refractivity contribution < 1.29 is 0 Å². The highest BCUT2D eigenvalue weighted by Gasteiger charge is 2.24. The van der Waals surface area contributed by atoms with E-state index in [0.717, 1.165) is 23.9 Å². The minimum absolute atomic E-state index is 0.646. The Bertz CT molecular complexity index is 530. The molecule has 2 aromatic rings. The van der Waals surface area contributed by atoms with Crippen LogP contribution in [0.2, 0.25) is 0 Å². The molecule has 6 heteroatoms. The van der Waals surface area contributed by atoms with E-state index < -0.39 is 0 Å². The highest BCUT2D eigenvalue weighted by Crippen LogP contribution is 2.31. The molecule has 0 bridgehead atoms. The van der Waals surface area contributed by atoms with Crippen LogP contribution in [0.25, 0.3) is 5.65 Å². The van der Waals surface area contributed by atoms with E-state index in [9.17, 15) is 0 Å². The minimum Gasteiger partial charge on any atom is -0.356 e. The summed E-state index contributed by atoms with van der Waals surface area (Å²) in [5.41, 5.74) is 3.45. The Morgan fingerprint density at radius 2 is 2.41 bits per heavy atom. The molecular weight excluding hydrogens is 216 g/mol. The fraction of sp³-hybridized carbons (Fsp3) is 0.455. The Kier molecular flexibility index (Phi) is 2.36. The second-order valence-electron chi connectivity index (χ2n) is 4.58. The number of nitrogen functional groups attached to an aromatic ring is 1. The average molecular weight is 232 g/mol. The van der Waals surface area contributed by atoms with Crippen molar-refractivity contribution in [3.63, 3.8) is 0 Å². The molecule has 0 amide bonds. The number of fused-ring (bicyclic) bond motifs is 1. The predicted molar refractivity (Wildman–Crippen MR) is 66.8 cm³/mol. The summed E-state index contributed by atoms with van der Waals surface area (Å²) in [6.45, 7) is 1.03. The van der Waals surface area contributed by atoms with E-state index in [-0.39, 0.29) is 0 Å². The Morgan fingerprint density at radius 3 is 3.12 bits per heavy atom. The van der Waals surface area contributed by atoms with Gasteiger partial charge in [0.1, 0.15) is 0 Å². The molecule has 90 valence electrons. The van der Waals surface area contributed by atoms with Crippen LogP contribution in [0.3, 0.4) is 0 Å². The highest BCUT2D eigenvalue weighted by molar-refractivity contribution is 5.66. The maximum Gasteiger partial charge on any atom is 0.180 e. The van der Waals surface area contributed by atoms with Gasteiger partial charge < -0.3 is 14.7 Å². The van der Waals surface area contributed by atoms with Crippen LogP contribution in [0, 0.1) is 5.92 Å². The zero-order valence-corrected chi connectivity index (χ0v) is 9.80. The van der Waals surface area contributed by atoms with Crippen molar-refractivity contribution in [2.45, 2.75) is 12.8 Å². The maximum atomic E-state index is 5.43. The van der Waals surface area contributed by atoms with E-state index in [1.165, 1.54) is 12.8 Å². The van der Waals surface area contributed by atoms with Crippen molar-refractivity contribution in [2.75, 3.05) is 23.9 Å². The monoisotopic (exact) mass is 232 g/mol. The van der Waals surface area contributed by atoms with Gasteiger partial charge in [0.05, 0.1) is 6.20 Å². The van der Waals surface area contributed by atoms with E-state index in [1.54, 1.807) is 6.20 Å². The molecule has 0 aliphatic heterocycles. The molecule has 1 aliphatic carbocycles. The van der Waals surface area contributed by atoms with Gasteiger partial charge in [0.15, 0.2) is 17.3 Å². The molecule has 3 N–H and O–H groups in total. The van der Waals surface area contributed by atoms with Crippen LogP contribution < -0.4 is 16.2 Å². The molecule has 1 aliphatic rings. The summed E-state index contributed by atoms with van der Waals surface area (Å²) in [4.78, 5) is 11.0. The number of nitrogens with two attached hydrogens (primary N) is 1. The number of hydrazine groups is 1. The topological polar surface area (TPSA) is 71.5 Å². The number of nitrogens with one attached hydrogen (secondary N) is 1. The largest absolute Gasteiger partial charge is 0.356 e. The molecule has 0 spiro atoms. The lowest BCUT2D eigenvalue weighted by Crippen LogP contribution is -2.23. The maximum absolute atomic E-state index is 5.43. The van der Waals surface area contributed by atoms with Crippen LogP contribution in [0.4, 0.5) is 11.6 Å². The lowest BCUT2D eigenvalue weighted by molar-refractivity contribution is 0.777. The molecule has 6 nitrogen and oxygen atoms in total. The van der Waals surface area contributed by atoms with Gasteiger partial charge in [-0.05, 0) is 18.8 Å². The number of hydrogen-bond acceptors (Lipinski definition) is 5. The van der Waals surface area contributed by atoms with E-state index in [0.29, 0.717) is 5.82 Å². The Balaban J connectivity index is 2.01. The summed E-state index contributed by atoms with van der Waals surface area (Å²) in [7, 11) is 2.05. The lowest BCUT2D eigenvalue weighted by Gasteiger charge is -2.19. The summed E-state index contributed by atoms with van der Waals surface area (Å²) >= 11 is 0.